The van der Waals surface area contributed by atoms with E-state index < -0.39 is 0 Å². The Morgan fingerprint density at radius 3 is 2.52 bits per heavy atom. The van der Waals surface area contributed by atoms with Gasteiger partial charge in [-0.25, -0.2) is 4.39 Å². The highest BCUT2D eigenvalue weighted by molar-refractivity contribution is 6.32. The predicted octanol–water partition coefficient (Wildman–Crippen LogP) is 5.35. The molecule has 0 bridgehead atoms. The zero-order valence-corrected chi connectivity index (χ0v) is 15.5. The van der Waals surface area contributed by atoms with Crippen molar-refractivity contribution in [3.05, 3.63) is 58.4 Å². The third kappa shape index (κ3) is 6.22. The van der Waals surface area contributed by atoms with E-state index in [-0.39, 0.29) is 5.82 Å². The van der Waals surface area contributed by atoms with Gasteiger partial charge in [0.25, 0.3) is 0 Å². The number of hydrogen-bond donors (Lipinski definition) is 1. The maximum atomic E-state index is 13.0. The number of nitrogens with one attached hydrogen (secondary N) is 1. The van der Waals surface area contributed by atoms with Gasteiger partial charge in [0.1, 0.15) is 12.4 Å². The molecule has 136 valence electrons. The van der Waals surface area contributed by atoms with Crippen LogP contribution in [0.2, 0.25) is 5.02 Å². The van der Waals surface area contributed by atoms with E-state index in [1.807, 2.05) is 12.1 Å². The topological polar surface area (TPSA) is 30.5 Å². The lowest BCUT2D eigenvalue weighted by atomic mass is 10.2. The predicted molar refractivity (Wildman–Crippen MR) is 100.0 cm³/mol. The Kier molecular flexibility index (Phi) is 8.02. The summed E-state index contributed by atoms with van der Waals surface area (Å²) in [5.41, 5.74) is 1.91. The summed E-state index contributed by atoms with van der Waals surface area (Å²) in [5.74, 6) is 0.832. The van der Waals surface area contributed by atoms with E-state index in [9.17, 15) is 4.39 Å². The minimum Gasteiger partial charge on any atom is -0.493 e. The summed E-state index contributed by atoms with van der Waals surface area (Å²) >= 11 is 6.37. The van der Waals surface area contributed by atoms with Crippen molar-refractivity contribution in [3.63, 3.8) is 0 Å². The van der Waals surface area contributed by atoms with Crippen LogP contribution in [0.3, 0.4) is 0 Å². The van der Waals surface area contributed by atoms with Crippen LogP contribution in [0, 0.1) is 5.82 Å². The van der Waals surface area contributed by atoms with E-state index in [2.05, 4.69) is 12.2 Å². The molecule has 0 unspecified atom stereocenters. The van der Waals surface area contributed by atoms with Crippen molar-refractivity contribution in [2.24, 2.45) is 0 Å². The molecule has 0 atom stereocenters. The molecule has 5 heteroatoms. The molecule has 0 radical (unpaired) electrons. The summed E-state index contributed by atoms with van der Waals surface area (Å²) < 4.78 is 24.2. The number of unbranched alkanes of at least 4 members (excludes halogenated alkanes) is 2. The first-order chi connectivity index (χ1) is 12.1. The van der Waals surface area contributed by atoms with Gasteiger partial charge in [-0.3, -0.25) is 0 Å². The first kappa shape index (κ1) is 19.5. The summed E-state index contributed by atoms with van der Waals surface area (Å²) in [6, 6.07) is 10.00. The van der Waals surface area contributed by atoms with Gasteiger partial charge in [-0.15, -0.1) is 0 Å². The molecule has 2 rings (SSSR count). The van der Waals surface area contributed by atoms with Crippen LogP contribution >= 0.6 is 11.6 Å². The molecule has 0 aliphatic rings. The fourth-order valence-electron chi connectivity index (χ4n) is 2.48. The average molecular weight is 366 g/mol. The molecule has 0 aliphatic carbocycles. The van der Waals surface area contributed by atoms with Crippen LogP contribution in [0.15, 0.2) is 36.4 Å². The molecule has 25 heavy (non-hydrogen) atoms. The lowest BCUT2D eigenvalue weighted by molar-refractivity contribution is 0.284. The molecule has 1 N–H and O–H groups in total. The van der Waals surface area contributed by atoms with Crippen LogP contribution in [0.1, 0.15) is 37.3 Å². The Morgan fingerprint density at radius 2 is 1.84 bits per heavy atom. The summed E-state index contributed by atoms with van der Waals surface area (Å²) in [6.45, 7) is 4.20. The van der Waals surface area contributed by atoms with Crippen LogP contribution < -0.4 is 14.8 Å². The number of rotatable bonds is 10. The van der Waals surface area contributed by atoms with E-state index in [4.69, 9.17) is 21.1 Å². The fraction of sp³-hybridized carbons (Fsp3) is 0.400. The maximum absolute atomic E-state index is 13.0. The molecule has 3 nitrogen and oxygen atoms in total. The highest BCUT2D eigenvalue weighted by atomic mass is 35.5. The average Bonchev–Trinajstić information content (AvgIpc) is 2.61. The monoisotopic (exact) mass is 365 g/mol. The molecular weight excluding hydrogens is 341 g/mol. The van der Waals surface area contributed by atoms with E-state index >= 15 is 0 Å². The van der Waals surface area contributed by atoms with Gasteiger partial charge in [0.2, 0.25) is 0 Å². The zero-order chi connectivity index (χ0) is 18.1. The lowest BCUT2D eigenvalue weighted by Crippen LogP contribution is -2.14. The standard InChI is InChI=1S/C20H25ClFNO2/c1-3-4-5-10-23-13-16-11-18(21)20(19(12-16)24-2)25-14-15-6-8-17(22)9-7-15/h6-9,11-12,23H,3-5,10,13-14H2,1-2H3. The second kappa shape index (κ2) is 10.3. The quantitative estimate of drug-likeness (QED) is 0.576. The van der Waals surface area contributed by atoms with Gasteiger partial charge in [-0.1, -0.05) is 43.5 Å². The van der Waals surface area contributed by atoms with Crippen molar-refractivity contribution in [1.29, 1.82) is 0 Å². The minimum absolute atomic E-state index is 0.268. The molecule has 0 fully saturated rings. The molecule has 0 heterocycles. The minimum atomic E-state index is -0.268. The Morgan fingerprint density at radius 1 is 1.08 bits per heavy atom. The highest BCUT2D eigenvalue weighted by Crippen LogP contribution is 2.37. The van der Waals surface area contributed by atoms with Crippen LogP contribution in [-0.2, 0) is 13.2 Å². The Balaban J connectivity index is 1.99. The highest BCUT2D eigenvalue weighted by Gasteiger charge is 2.12. The van der Waals surface area contributed by atoms with Crippen molar-refractivity contribution < 1.29 is 13.9 Å². The number of hydrogen-bond acceptors (Lipinski definition) is 3. The third-order valence-electron chi connectivity index (χ3n) is 3.87. The second-order valence-electron chi connectivity index (χ2n) is 5.91. The first-order valence-corrected chi connectivity index (χ1v) is 8.96. The van der Waals surface area contributed by atoms with Crippen LogP contribution in [-0.4, -0.2) is 13.7 Å². The van der Waals surface area contributed by atoms with Gasteiger partial charge in [-0.2, -0.15) is 0 Å². The van der Waals surface area contributed by atoms with Crippen LogP contribution in [0.25, 0.3) is 0 Å². The molecule has 2 aromatic carbocycles. The largest absolute Gasteiger partial charge is 0.493 e. The first-order valence-electron chi connectivity index (χ1n) is 8.58. The summed E-state index contributed by atoms with van der Waals surface area (Å²) in [7, 11) is 1.59. The lowest BCUT2D eigenvalue weighted by Gasteiger charge is -2.15. The van der Waals surface area contributed by atoms with Gasteiger partial charge in [0.15, 0.2) is 11.5 Å². The van der Waals surface area contributed by atoms with Gasteiger partial charge < -0.3 is 14.8 Å². The zero-order valence-electron chi connectivity index (χ0n) is 14.8. The maximum Gasteiger partial charge on any atom is 0.180 e. The van der Waals surface area contributed by atoms with E-state index in [1.165, 1.54) is 31.4 Å². The molecule has 0 aliphatic heterocycles. The van der Waals surface area contributed by atoms with Crippen molar-refractivity contribution in [2.75, 3.05) is 13.7 Å². The molecule has 0 saturated heterocycles. The van der Waals surface area contributed by atoms with E-state index in [0.29, 0.717) is 23.1 Å². The SMILES string of the molecule is CCCCCNCc1cc(Cl)c(OCc2ccc(F)cc2)c(OC)c1. The second-order valence-corrected chi connectivity index (χ2v) is 6.32. The van der Waals surface area contributed by atoms with Crippen LogP contribution in [0.4, 0.5) is 4.39 Å². The fourth-order valence-corrected chi connectivity index (χ4v) is 2.77. The van der Waals surface area contributed by atoms with Crippen molar-refractivity contribution in [1.82, 2.24) is 5.32 Å². The normalized spacial score (nSPS) is 10.7. The summed E-state index contributed by atoms with van der Waals surface area (Å²) in [6.07, 6.45) is 3.61. The van der Waals surface area contributed by atoms with Crippen molar-refractivity contribution in [2.45, 2.75) is 39.3 Å². The van der Waals surface area contributed by atoms with Crippen LogP contribution in [0.5, 0.6) is 11.5 Å². The third-order valence-corrected chi connectivity index (χ3v) is 4.15. The van der Waals surface area contributed by atoms with E-state index in [1.54, 1.807) is 19.2 Å². The summed E-state index contributed by atoms with van der Waals surface area (Å²) in [4.78, 5) is 0. The Labute approximate surface area is 154 Å². The molecule has 0 spiro atoms. The molecule has 0 aromatic heterocycles. The number of halogens is 2. The van der Waals surface area contributed by atoms with Gasteiger partial charge in [0.05, 0.1) is 12.1 Å². The van der Waals surface area contributed by atoms with E-state index in [0.717, 1.165) is 24.2 Å². The van der Waals surface area contributed by atoms with Gasteiger partial charge >= 0.3 is 0 Å². The molecule has 0 saturated carbocycles. The molecule has 0 amide bonds. The number of ether oxygens (including phenoxy) is 2. The smallest absolute Gasteiger partial charge is 0.180 e. The summed E-state index contributed by atoms with van der Waals surface area (Å²) in [5, 5.41) is 3.91. The van der Waals surface area contributed by atoms with Gasteiger partial charge in [-0.05, 0) is 48.4 Å². The Hall–Kier alpha value is -1.78. The molecular formula is C20H25ClFNO2. The number of benzene rings is 2. The Bertz CT molecular complexity index is 661. The van der Waals surface area contributed by atoms with Crippen molar-refractivity contribution >= 4 is 11.6 Å². The van der Waals surface area contributed by atoms with Crippen molar-refractivity contribution in [3.8, 4) is 11.5 Å². The molecule has 2 aromatic rings. The number of methoxy groups -OCH3 is 1. The van der Waals surface area contributed by atoms with Gasteiger partial charge in [0, 0.05) is 6.54 Å².